The molecule has 2 aromatic rings. The molecule has 1 heterocycles. The van der Waals surface area contributed by atoms with E-state index in [0.29, 0.717) is 21.8 Å². The van der Waals surface area contributed by atoms with Gasteiger partial charge in [0.25, 0.3) is 11.8 Å². The summed E-state index contributed by atoms with van der Waals surface area (Å²) in [6.07, 6.45) is 4.43. The van der Waals surface area contributed by atoms with Gasteiger partial charge in [0.15, 0.2) is 0 Å². The third-order valence-corrected chi connectivity index (χ3v) is 4.94. The van der Waals surface area contributed by atoms with E-state index in [1.54, 1.807) is 42.5 Å². The quantitative estimate of drug-likeness (QED) is 0.833. The van der Waals surface area contributed by atoms with Gasteiger partial charge in [0.2, 0.25) is 0 Å². The predicted molar refractivity (Wildman–Crippen MR) is 105 cm³/mol. The number of hydrogen-bond donors (Lipinski definition) is 1. The predicted octanol–water partition coefficient (Wildman–Crippen LogP) is 4.92. The van der Waals surface area contributed by atoms with Crippen LogP contribution in [0.25, 0.3) is 0 Å². The molecule has 1 N–H and O–H groups in total. The SMILES string of the molecule is Cc1cc(Cl)ccc1NC(=O)c1cccc(C(=O)N2CCCCCC2)c1. The van der Waals surface area contributed by atoms with Gasteiger partial charge in [0.05, 0.1) is 0 Å². The first kappa shape index (κ1) is 18.5. The Bertz CT molecular complexity index is 811. The van der Waals surface area contributed by atoms with E-state index in [1.807, 2.05) is 11.8 Å². The summed E-state index contributed by atoms with van der Waals surface area (Å²) < 4.78 is 0. The summed E-state index contributed by atoms with van der Waals surface area (Å²) in [5.74, 6) is -0.231. The third kappa shape index (κ3) is 4.44. The minimum atomic E-state index is -0.235. The Labute approximate surface area is 159 Å². The number of aryl methyl sites for hydroxylation is 1. The van der Waals surface area contributed by atoms with Crippen LogP contribution in [-0.2, 0) is 0 Å². The van der Waals surface area contributed by atoms with E-state index >= 15 is 0 Å². The number of nitrogens with one attached hydrogen (secondary N) is 1. The van der Waals surface area contributed by atoms with E-state index in [1.165, 1.54) is 12.8 Å². The van der Waals surface area contributed by atoms with Gasteiger partial charge in [-0.1, -0.05) is 30.5 Å². The molecular formula is C21H23ClN2O2. The first-order valence-electron chi connectivity index (χ1n) is 9.01. The van der Waals surface area contributed by atoms with Gasteiger partial charge in [-0.05, 0) is 61.7 Å². The first-order valence-corrected chi connectivity index (χ1v) is 9.39. The van der Waals surface area contributed by atoms with Crippen molar-refractivity contribution in [3.05, 3.63) is 64.2 Å². The normalized spacial score (nSPS) is 14.6. The van der Waals surface area contributed by atoms with E-state index in [0.717, 1.165) is 31.5 Å². The minimum Gasteiger partial charge on any atom is -0.339 e. The van der Waals surface area contributed by atoms with Crippen molar-refractivity contribution in [1.29, 1.82) is 0 Å². The molecule has 0 radical (unpaired) electrons. The molecule has 0 aromatic heterocycles. The summed E-state index contributed by atoms with van der Waals surface area (Å²) in [5, 5.41) is 3.52. The maximum Gasteiger partial charge on any atom is 0.255 e. The van der Waals surface area contributed by atoms with E-state index < -0.39 is 0 Å². The molecule has 5 heteroatoms. The third-order valence-electron chi connectivity index (χ3n) is 4.70. The van der Waals surface area contributed by atoms with Crippen molar-refractivity contribution < 1.29 is 9.59 Å². The summed E-state index contributed by atoms with van der Waals surface area (Å²) in [6.45, 7) is 3.47. The number of nitrogens with zero attached hydrogens (tertiary/aromatic N) is 1. The van der Waals surface area contributed by atoms with Gasteiger partial charge in [-0.15, -0.1) is 0 Å². The maximum absolute atomic E-state index is 12.8. The lowest BCUT2D eigenvalue weighted by atomic mass is 10.1. The number of anilines is 1. The van der Waals surface area contributed by atoms with Crippen LogP contribution in [0.15, 0.2) is 42.5 Å². The van der Waals surface area contributed by atoms with Gasteiger partial charge in [-0.25, -0.2) is 0 Å². The molecule has 2 aromatic carbocycles. The molecule has 1 saturated heterocycles. The van der Waals surface area contributed by atoms with Crippen molar-refractivity contribution in [2.45, 2.75) is 32.6 Å². The minimum absolute atomic E-state index is 0.00391. The maximum atomic E-state index is 12.8. The molecule has 0 atom stereocenters. The van der Waals surface area contributed by atoms with Crippen LogP contribution in [0, 0.1) is 6.92 Å². The van der Waals surface area contributed by atoms with Crippen molar-refractivity contribution in [1.82, 2.24) is 4.90 Å². The van der Waals surface area contributed by atoms with Gasteiger partial charge >= 0.3 is 0 Å². The Morgan fingerprint density at radius 3 is 2.35 bits per heavy atom. The summed E-state index contributed by atoms with van der Waals surface area (Å²) in [7, 11) is 0. The van der Waals surface area contributed by atoms with Gasteiger partial charge in [-0.2, -0.15) is 0 Å². The molecule has 0 saturated carbocycles. The zero-order valence-corrected chi connectivity index (χ0v) is 15.7. The Balaban J connectivity index is 1.75. The molecule has 3 rings (SSSR count). The Morgan fingerprint density at radius 1 is 0.962 bits per heavy atom. The fraction of sp³-hybridized carbons (Fsp3) is 0.333. The Kier molecular flexibility index (Phi) is 5.94. The second-order valence-electron chi connectivity index (χ2n) is 6.70. The average Bonchev–Trinajstić information content (AvgIpc) is 2.93. The number of halogens is 1. The number of likely N-dealkylation sites (tertiary alicyclic amines) is 1. The number of amides is 2. The van der Waals surface area contributed by atoms with Crippen LogP contribution in [-0.4, -0.2) is 29.8 Å². The summed E-state index contributed by atoms with van der Waals surface area (Å²) in [6, 6.07) is 12.3. The number of carbonyl (C=O) groups excluding carboxylic acids is 2. The van der Waals surface area contributed by atoms with Crippen molar-refractivity contribution >= 4 is 29.1 Å². The number of carbonyl (C=O) groups is 2. The van der Waals surface area contributed by atoms with Gasteiger partial charge in [0, 0.05) is 34.9 Å². The van der Waals surface area contributed by atoms with Gasteiger partial charge < -0.3 is 10.2 Å². The zero-order valence-electron chi connectivity index (χ0n) is 14.9. The van der Waals surface area contributed by atoms with Crippen LogP contribution < -0.4 is 5.32 Å². The van der Waals surface area contributed by atoms with E-state index in [4.69, 9.17) is 11.6 Å². The molecule has 1 fully saturated rings. The molecule has 0 bridgehead atoms. The van der Waals surface area contributed by atoms with Crippen molar-refractivity contribution in [3.8, 4) is 0 Å². The van der Waals surface area contributed by atoms with Crippen LogP contribution in [0.2, 0.25) is 5.02 Å². The fourth-order valence-corrected chi connectivity index (χ4v) is 3.44. The zero-order chi connectivity index (χ0) is 18.5. The van der Waals surface area contributed by atoms with Gasteiger partial charge in [0.1, 0.15) is 0 Å². The van der Waals surface area contributed by atoms with Crippen molar-refractivity contribution in [2.75, 3.05) is 18.4 Å². The van der Waals surface area contributed by atoms with Crippen LogP contribution >= 0.6 is 11.6 Å². The molecule has 0 spiro atoms. The molecule has 136 valence electrons. The van der Waals surface area contributed by atoms with Crippen LogP contribution in [0.3, 0.4) is 0 Å². The molecule has 0 unspecified atom stereocenters. The summed E-state index contributed by atoms with van der Waals surface area (Å²) >= 11 is 5.96. The van der Waals surface area contributed by atoms with Crippen molar-refractivity contribution in [2.24, 2.45) is 0 Å². The molecule has 2 amide bonds. The lowest BCUT2D eigenvalue weighted by Gasteiger charge is -2.20. The largest absolute Gasteiger partial charge is 0.339 e. The molecule has 0 aliphatic carbocycles. The van der Waals surface area contributed by atoms with Crippen LogP contribution in [0.5, 0.6) is 0 Å². The Morgan fingerprint density at radius 2 is 1.65 bits per heavy atom. The summed E-state index contributed by atoms with van der Waals surface area (Å²) in [4.78, 5) is 27.2. The topological polar surface area (TPSA) is 49.4 Å². The highest BCUT2D eigenvalue weighted by Gasteiger charge is 2.18. The van der Waals surface area contributed by atoms with Gasteiger partial charge in [-0.3, -0.25) is 9.59 Å². The molecule has 26 heavy (non-hydrogen) atoms. The van der Waals surface area contributed by atoms with Crippen LogP contribution in [0.1, 0.15) is 52.0 Å². The van der Waals surface area contributed by atoms with E-state index in [2.05, 4.69) is 5.32 Å². The molecule has 4 nitrogen and oxygen atoms in total. The highest BCUT2D eigenvalue weighted by atomic mass is 35.5. The lowest BCUT2D eigenvalue weighted by Crippen LogP contribution is -2.32. The smallest absolute Gasteiger partial charge is 0.255 e. The highest BCUT2D eigenvalue weighted by molar-refractivity contribution is 6.30. The standard InChI is InChI=1S/C21H23ClN2O2/c1-15-13-18(22)9-10-19(15)23-20(25)16-7-6-8-17(14-16)21(26)24-11-4-2-3-5-12-24/h6-10,13-14H,2-5,11-12H2,1H3,(H,23,25). The van der Waals surface area contributed by atoms with Crippen molar-refractivity contribution in [3.63, 3.8) is 0 Å². The number of rotatable bonds is 3. The van der Waals surface area contributed by atoms with E-state index in [-0.39, 0.29) is 11.8 Å². The first-order chi connectivity index (χ1) is 12.5. The summed E-state index contributed by atoms with van der Waals surface area (Å²) in [5.41, 5.74) is 2.64. The Hall–Kier alpha value is -2.33. The monoisotopic (exact) mass is 370 g/mol. The molecule has 1 aliphatic rings. The number of hydrogen-bond acceptors (Lipinski definition) is 2. The van der Waals surface area contributed by atoms with Crippen LogP contribution in [0.4, 0.5) is 5.69 Å². The second kappa shape index (κ2) is 8.37. The average molecular weight is 371 g/mol. The molecular weight excluding hydrogens is 348 g/mol. The fourth-order valence-electron chi connectivity index (χ4n) is 3.21. The lowest BCUT2D eigenvalue weighted by molar-refractivity contribution is 0.0761. The number of benzene rings is 2. The molecule has 1 aliphatic heterocycles. The van der Waals surface area contributed by atoms with E-state index in [9.17, 15) is 9.59 Å². The highest BCUT2D eigenvalue weighted by Crippen LogP contribution is 2.21. The second-order valence-corrected chi connectivity index (χ2v) is 7.14.